The molecule has 1 heterocycles. The van der Waals surface area contributed by atoms with E-state index in [0.29, 0.717) is 12.8 Å². The van der Waals surface area contributed by atoms with E-state index in [0.717, 1.165) is 0 Å². The molecule has 1 saturated heterocycles. The lowest BCUT2D eigenvalue weighted by atomic mass is 9.63. The van der Waals surface area contributed by atoms with E-state index in [9.17, 15) is 25.5 Å². The summed E-state index contributed by atoms with van der Waals surface area (Å²) in [5, 5.41) is 57.8. The molecule has 1 aliphatic carbocycles. The van der Waals surface area contributed by atoms with Gasteiger partial charge >= 0.3 is 0 Å². The number of aliphatic hydroxyl groups is 6. The van der Waals surface area contributed by atoms with Gasteiger partial charge in [-0.2, -0.15) is 0 Å². The predicted octanol–water partition coefficient (Wildman–Crippen LogP) is -0.847. The van der Waals surface area contributed by atoms with Crippen molar-refractivity contribution in [1.82, 2.24) is 0 Å². The molecule has 0 unspecified atom stereocenters. The van der Waals surface area contributed by atoms with Gasteiger partial charge in [0.25, 0.3) is 0 Å². The first-order chi connectivity index (χ1) is 12.6. The largest absolute Gasteiger partial charge is 0.394 e. The van der Waals surface area contributed by atoms with Gasteiger partial charge in [-0.15, -0.1) is 0 Å². The maximum absolute atomic E-state index is 10.2. The lowest BCUT2D eigenvalue weighted by Gasteiger charge is -2.47. The molecule has 2 aliphatic rings. The summed E-state index contributed by atoms with van der Waals surface area (Å²) in [6, 6.07) is 0. The van der Waals surface area contributed by atoms with E-state index >= 15 is 0 Å². The molecule has 0 aromatic carbocycles. The van der Waals surface area contributed by atoms with Crippen LogP contribution >= 0.6 is 0 Å². The molecule has 0 radical (unpaired) electrons. The molecule has 158 valence electrons. The third kappa shape index (κ3) is 5.27. The van der Waals surface area contributed by atoms with Gasteiger partial charge in [-0.05, 0) is 30.1 Å². The molecular formula is C19H34O8. The standard InChI is InChI=1S/C19H34O8/c1-10-6-12(7-19(2,3)13(10)5-4-11(22)8-20)26-18-17(25)16(24)15(23)14(9-21)27-18/h4-5,10-18,20-25H,6-9H2,1-3H3/b5-4+/t10-,11-,12+,13+,14-,15-,16+,17-,18-/m1/s1. The van der Waals surface area contributed by atoms with Crippen molar-refractivity contribution in [1.29, 1.82) is 0 Å². The summed E-state index contributed by atoms with van der Waals surface area (Å²) in [5.74, 6) is 0.388. The first-order valence-corrected chi connectivity index (χ1v) is 9.54. The topological polar surface area (TPSA) is 140 Å². The Morgan fingerprint density at radius 2 is 1.81 bits per heavy atom. The molecule has 6 N–H and O–H groups in total. The van der Waals surface area contributed by atoms with Gasteiger partial charge in [-0.25, -0.2) is 0 Å². The summed E-state index contributed by atoms with van der Waals surface area (Å²) < 4.78 is 11.4. The van der Waals surface area contributed by atoms with E-state index in [1.165, 1.54) is 0 Å². The molecule has 0 spiro atoms. The summed E-state index contributed by atoms with van der Waals surface area (Å²) in [4.78, 5) is 0. The molecule has 1 saturated carbocycles. The molecule has 0 bridgehead atoms. The summed E-state index contributed by atoms with van der Waals surface area (Å²) in [7, 11) is 0. The highest BCUT2D eigenvalue weighted by Gasteiger charge is 2.47. The van der Waals surface area contributed by atoms with Gasteiger partial charge in [0, 0.05) is 0 Å². The molecule has 2 rings (SSSR count). The number of allylic oxidation sites excluding steroid dienone is 1. The SMILES string of the molecule is C[C@@H]1C[C@H](O[C@@H]2O[C@H](CO)[C@@H](O)[C@H](O)[C@H]2O)CC(C)(C)[C@H]1/C=C/[C@@H](O)CO. The molecule has 0 aromatic rings. The Morgan fingerprint density at radius 3 is 2.37 bits per heavy atom. The highest BCUT2D eigenvalue weighted by Crippen LogP contribution is 2.46. The van der Waals surface area contributed by atoms with Crippen LogP contribution in [0.2, 0.25) is 0 Å². The lowest BCUT2D eigenvalue weighted by molar-refractivity contribution is -0.316. The van der Waals surface area contributed by atoms with Crippen LogP contribution in [0.3, 0.4) is 0 Å². The van der Waals surface area contributed by atoms with E-state index in [1.807, 2.05) is 6.08 Å². The quantitative estimate of drug-likeness (QED) is 0.323. The number of hydrogen-bond acceptors (Lipinski definition) is 8. The van der Waals surface area contributed by atoms with Crippen molar-refractivity contribution in [3.63, 3.8) is 0 Å². The fraction of sp³-hybridized carbons (Fsp3) is 0.895. The molecule has 8 nitrogen and oxygen atoms in total. The summed E-state index contributed by atoms with van der Waals surface area (Å²) in [6.45, 7) is 5.45. The van der Waals surface area contributed by atoms with Crippen LogP contribution in [-0.4, -0.2) is 86.8 Å². The average Bonchev–Trinajstić information content (AvgIpc) is 2.60. The first kappa shape index (κ1) is 22.7. The van der Waals surface area contributed by atoms with Crippen molar-refractivity contribution in [2.45, 2.75) is 76.5 Å². The molecule has 8 heteroatoms. The van der Waals surface area contributed by atoms with Crippen molar-refractivity contribution < 1.29 is 40.1 Å². The zero-order valence-corrected chi connectivity index (χ0v) is 16.2. The molecule has 0 aromatic heterocycles. The Labute approximate surface area is 160 Å². The predicted molar refractivity (Wildman–Crippen MR) is 96.5 cm³/mol. The number of hydrogen-bond donors (Lipinski definition) is 6. The molecule has 0 amide bonds. The zero-order valence-electron chi connectivity index (χ0n) is 16.2. The van der Waals surface area contributed by atoms with E-state index < -0.39 is 43.4 Å². The number of rotatable bonds is 6. The van der Waals surface area contributed by atoms with Crippen LogP contribution in [-0.2, 0) is 9.47 Å². The van der Waals surface area contributed by atoms with E-state index in [2.05, 4.69) is 20.8 Å². The Kier molecular flexibility index (Phi) is 7.80. The normalized spacial score (nSPS) is 43.7. The summed E-state index contributed by atoms with van der Waals surface area (Å²) >= 11 is 0. The van der Waals surface area contributed by atoms with Crippen LogP contribution < -0.4 is 0 Å². The monoisotopic (exact) mass is 390 g/mol. The highest BCUT2D eigenvalue weighted by molar-refractivity contribution is 5.04. The maximum Gasteiger partial charge on any atom is 0.186 e. The van der Waals surface area contributed by atoms with Gasteiger partial charge in [-0.1, -0.05) is 32.9 Å². The molecule has 27 heavy (non-hydrogen) atoms. The third-order valence-electron chi connectivity index (χ3n) is 5.81. The Bertz CT molecular complexity index is 494. The number of aliphatic hydroxyl groups excluding tert-OH is 6. The third-order valence-corrected chi connectivity index (χ3v) is 5.81. The highest BCUT2D eigenvalue weighted by atomic mass is 16.7. The van der Waals surface area contributed by atoms with Crippen LogP contribution in [0.5, 0.6) is 0 Å². The summed E-state index contributed by atoms with van der Waals surface area (Å²) in [6.07, 6.45) is -2.59. The molecule has 1 aliphatic heterocycles. The van der Waals surface area contributed by atoms with Crippen LogP contribution in [0.25, 0.3) is 0 Å². The minimum atomic E-state index is -1.45. The molecule has 9 atom stereocenters. The van der Waals surface area contributed by atoms with Crippen molar-refractivity contribution >= 4 is 0 Å². The van der Waals surface area contributed by atoms with E-state index in [1.54, 1.807) is 6.08 Å². The fourth-order valence-corrected chi connectivity index (χ4v) is 4.37. The Balaban J connectivity index is 2.04. The van der Waals surface area contributed by atoms with Crippen molar-refractivity contribution in [3.8, 4) is 0 Å². The number of ether oxygens (including phenoxy) is 2. The van der Waals surface area contributed by atoms with Crippen LogP contribution in [0.1, 0.15) is 33.6 Å². The van der Waals surface area contributed by atoms with Gasteiger partial charge in [0.15, 0.2) is 6.29 Å². The zero-order chi connectivity index (χ0) is 20.4. The van der Waals surface area contributed by atoms with Crippen LogP contribution in [0.15, 0.2) is 12.2 Å². The van der Waals surface area contributed by atoms with Gasteiger partial charge in [0.05, 0.1) is 25.4 Å². The minimum Gasteiger partial charge on any atom is -0.394 e. The average molecular weight is 390 g/mol. The molecular weight excluding hydrogens is 356 g/mol. The Morgan fingerprint density at radius 1 is 1.15 bits per heavy atom. The van der Waals surface area contributed by atoms with Gasteiger partial charge < -0.3 is 40.1 Å². The van der Waals surface area contributed by atoms with E-state index in [4.69, 9.17) is 14.6 Å². The second kappa shape index (κ2) is 9.28. The van der Waals surface area contributed by atoms with Crippen LogP contribution in [0.4, 0.5) is 0 Å². The molecule has 2 fully saturated rings. The lowest BCUT2D eigenvalue weighted by Crippen LogP contribution is -2.60. The van der Waals surface area contributed by atoms with Gasteiger partial charge in [-0.3, -0.25) is 0 Å². The fourth-order valence-electron chi connectivity index (χ4n) is 4.37. The smallest absolute Gasteiger partial charge is 0.186 e. The van der Waals surface area contributed by atoms with Crippen molar-refractivity contribution in [2.24, 2.45) is 17.3 Å². The minimum absolute atomic E-state index is 0.165. The Hall–Kier alpha value is -0.580. The second-order valence-electron chi connectivity index (χ2n) is 8.52. The van der Waals surface area contributed by atoms with Gasteiger partial charge in [0.2, 0.25) is 0 Å². The van der Waals surface area contributed by atoms with Crippen molar-refractivity contribution in [3.05, 3.63) is 12.2 Å². The van der Waals surface area contributed by atoms with Crippen molar-refractivity contribution in [2.75, 3.05) is 13.2 Å². The first-order valence-electron chi connectivity index (χ1n) is 9.54. The second-order valence-corrected chi connectivity index (χ2v) is 8.52. The van der Waals surface area contributed by atoms with E-state index in [-0.39, 0.29) is 30.0 Å². The summed E-state index contributed by atoms with van der Waals surface area (Å²) in [5.41, 5.74) is -0.165. The van der Waals surface area contributed by atoms with Gasteiger partial charge in [0.1, 0.15) is 24.4 Å². The van der Waals surface area contributed by atoms with Crippen LogP contribution in [0, 0.1) is 17.3 Å². The maximum atomic E-state index is 10.2.